The highest BCUT2D eigenvalue weighted by Gasteiger charge is 2.41. The first-order valence-electron chi connectivity index (χ1n) is 2.85. The minimum absolute atomic E-state index is 0.308. The smallest absolute Gasteiger partial charge is 0.336 e. The lowest BCUT2D eigenvalue weighted by Gasteiger charge is -2.18. The summed E-state index contributed by atoms with van der Waals surface area (Å²) in [6.45, 7) is -0.308. The van der Waals surface area contributed by atoms with E-state index < -0.39 is 17.5 Å². The second-order valence-electron chi connectivity index (χ2n) is 2.11. The van der Waals surface area contributed by atoms with Crippen LogP contribution in [0.25, 0.3) is 0 Å². The zero-order valence-electron chi connectivity index (χ0n) is 6.00. The van der Waals surface area contributed by atoms with Crippen LogP contribution in [0, 0.1) is 0 Å². The van der Waals surface area contributed by atoms with Crippen molar-refractivity contribution in [1.82, 2.24) is 5.32 Å². The number of carboxylic acids is 2. The molecule has 6 nitrogen and oxygen atoms in total. The van der Waals surface area contributed by atoms with E-state index in [0.29, 0.717) is 0 Å². The Bertz CT molecular complexity index is 165. The summed E-state index contributed by atoms with van der Waals surface area (Å²) >= 11 is 0. The first-order chi connectivity index (χ1) is 4.95. The summed E-state index contributed by atoms with van der Waals surface area (Å²) in [5, 5.41) is 19.2. The zero-order chi connectivity index (χ0) is 9.07. The number of aliphatic carboxylic acids is 2. The standard InChI is InChI=1S/C5H10N2O4/c1-7-2-5(6,3(8)9)4(10)11/h7H,2,6H2,1H3,(H,8,9)(H,10,11). The van der Waals surface area contributed by atoms with E-state index in [1.807, 2.05) is 0 Å². The molecule has 0 rings (SSSR count). The fourth-order valence-corrected chi connectivity index (χ4v) is 0.522. The second-order valence-corrected chi connectivity index (χ2v) is 2.11. The Hall–Kier alpha value is -1.14. The Kier molecular flexibility index (Phi) is 2.97. The van der Waals surface area contributed by atoms with Crippen molar-refractivity contribution in [2.75, 3.05) is 13.6 Å². The number of carboxylic acid groups (broad SMARTS) is 2. The number of nitrogens with one attached hydrogen (secondary N) is 1. The molecule has 0 radical (unpaired) electrons. The van der Waals surface area contributed by atoms with Gasteiger partial charge in [-0.3, -0.25) is 0 Å². The van der Waals surface area contributed by atoms with Crippen LogP contribution in [0.1, 0.15) is 0 Å². The van der Waals surface area contributed by atoms with Crippen molar-refractivity contribution in [3.8, 4) is 0 Å². The average molecular weight is 162 g/mol. The van der Waals surface area contributed by atoms with E-state index in [0.717, 1.165) is 0 Å². The Morgan fingerprint density at radius 1 is 1.45 bits per heavy atom. The van der Waals surface area contributed by atoms with E-state index in [-0.39, 0.29) is 6.54 Å². The minimum Gasteiger partial charge on any atom is -0.479 e. The molecule has 0 unspecified atom stereocenters. The Morgan fingerprint density at radius 3 is 1.91 bits per heavy atom. The van der Waals surface area contributed by atoms with Gasteiger partial charge in [0.1, 0.15) is 0 Å². The molecular weight excluding hydrogens is 152 g/mol. The molecule has 0 amide bonds. The second kappa shape index (κ2) is 3.31. The molecule has 0 saturated heterocycles. The Morgan fingerprint density at radius 2 is 1.82 bits per heavy atom. The lowest BCUT2D eigenvalue weighted by molar-refractivity contribution is -0.156. The normalized spacial score (nSPS) is 11.1. The molecule has 0 heterocycles. The van der Waals surface area contributed by atoms with E-state index >= 15 is 0 Å². The number of hydrogen-bond donors (Lipinski definition) is 4. The number of hydrogen-bond acceptors (Lipinski definition) is 4. The van der Waals surface area contributed by atoms with Gasteiger partial charge in [-0.1, -0.05) is 0 Å². The van der Waals surface area contributed by atoms with Crippen LogP contribution in [-0.4, -0.2) is 41.3 Å². The van der Waals surface area contributed by atoms with Crippen LogP contribution in [0.2, 0.25) is 0 Å². The molecule has 11 heavy (non-hydrogen) atoms. The Labute approximate surface area is 63.0 Å². The monoisotopic (exact) mass is 162 g/mol. The zero-order valence-corrected chi connectivity index (χ0v) is 6.00. The molecule has 0 aliphatic carbocycles. The van der Waals surface area contributed by atoms with Gasteiger partial charge in [0.2, 0.25) is 5.54 Å². The number of carbonyl (C=O) groups is 2. The van der Waals surface area contributed by atoms with Crippen LogP contribution in [0.5, 0.6) is 0 Å². The minimum atomic E-state index is -2.23. The summed E-state index contributed by atoms with van der Waals surface area (Å²) < 4.78 is 0. The van der Waals surface area contributed by atoms with Crippen molar-refractivity contribution >= 4 is 11.9 Å². The van der Waals surface area contributed by atoms with Crippen molar-refractivity contribution in [3.63, 3.8) is 0 Å². The molecule has 0 spiro atoms. The van der Waals surface area contributed by atoms with Gasteiger partial charge in [0.15, 0.2) is 0 Å². The first kappa shape index (κ1) is 9.86. The molecule has 0 aromatic rings. The van der Waals surface area contributed by atoms with Gasteiger partial charge in [0, 0.05) is 6.54 Å². The average Bonchev–Trinajstić information content (AvgIpc) is 1.87. The van der Waals surface area contributed by atoms with Crippen LogP contribution in [0.15, 0.2) is 0 Å². The van der Waals surface area contributed by atoms with E-state index in [4.69, 9.17) is 15.9 Å². The summed E-state index contributed by atoms with van der Waals surface area (Å²) in [5.74, 6) is -3.11. The van der Waals surface area contributed by atoms with Crippen molar-refractivity contribution in [3.05, 3.63) is 0 Å². The molecule has 64 valence electrons. The van der Waals surface area contributed by atoms with Crippen LogP contribution >= 0.6 is 0 Å². The highest BCUT2D eigenvalue weighted by Crippen LogP contribution is 1.98. The maximum Gasteiger partial charge on any atom is 0.336 e. The molecule has 0 saturated carbocycles. The third-order valence-electron chi connectivity index (χ3n) is 1.22. The SMILES string of the molecule is CNCC(N)(C(=O)O)C(=O)O. The lowest BCUT2D eigenvalue weighted by atomic mass is 10.0. The van der Waals surface area contributed by atoms with Gasteiger partial charge in [0.25, 0.3) is 0 Å². The predicted molar refractivity (Wildman–Crippen MR) is 36.1 cm³/mol. The predicted octanol–water partition coefficient (Wildman–Crippen LogP) is -1.93. The fraction of sp³-hybridized carbons (Fsp3) is 0.600. The molecule has 0 aliphatic heterocycles. The van der Waals surface area contributed by atoms with Gasteiger partial charge in [-0.15, -0.1) is 0 Å². The van der Waals surface area contributed by atoms with Crippen LogP contribution < -0.4 is 11.1 Å². The Balaban J connectivity index is 4.52. The largest absolute Gasteiger partial charge is 0.479 e. The topological polar surface area (TPSA) is 113 Å². The molecule has 5 N–H and O–H groups in total. The van der Waals surface area contributed by atoms with Gasteiger partial charge < -0.3 is 21.3 Å². The van der Waals surface area contributed by atoms with E-state index in [9.17, 15) is 9.59 Å². The summed E-state index contributed by atoms with van der Waals surface area (Å²) in [4.78, 5) is 20.6. The highest BCUT2D eigenvalue weighted by molar-refractivity contribution is 6.03. The third kappa shape index (κ3) is 1.89. The molecule has 0 aliphatic rings. The van der Waals surface area contributed by atoms with Crippen LogP contribution in [0.3, 0.4) is 0 Å². The van der Waals surface area contributed by atoms with Crippen molar-refractivity contribution in [2.24, 2.45) is 5.73 Å². The summed E-state index contributed by atoms with van der Waals surface area (Å²) in [7, 11) is 1.42. The maximum atomic E-state index is 10.3. The molecule has 0 atom stereocenters. The van der Waals surface area contributed by atoms with Gasteiger partial charge in [0.05, 0.1) is 0 Å². The van der Waals surface area contributed by atoms with Gasteiger partial charge >= 0.3 is 11.9 Å². The number of rotatable bonds is 4. The quantitative estimate of drug-likeness (QED) is 0.358. The maximum absolute atomic E-state index is 10.3. The van der Waals surface area contributed by atoms with Gasteiger partial charge in [-0.2, -0.15) is 0 Å². The molecule has 0 bridgehead atoms. The van der Waals surface area contributed by atoms with Gasteiger partial charge in [-0.25, -0.2) is 9.59 Å². The van der Waals surface area contributed by atoms with Crippen LogP contribution in [0.4, 0.5) is 0 Å². The number of likely N-dealkylation sites (N-methyl/N-ethyl adjacent to an activating group) is 1. The summed E-state index contributed by atoms with van der Waals surface area (Å²) in [5.41, 5.74) is 2.81. The van der Waals surface area contributed by atoms with E-state index in [1.54, 1.807) is 0 Å². The van der Waals surface area contributed by atoms with Crippen molar-refractivity contribution < 1.29 is 19.8 Å². The number of nitrogens with two attached hydrogens (primary N) is 1. The lowest BCUT2D eigenvalue weighted by Crippen LogP contribution is -2.60. The third-order valence-corrected chi connectivity index (χ3v) is 1.22. The summed E-state index contributed by atoms with van der Waals surface area (Å²) in [6, 6.07) is 0. The van der Waals surface area contributed by atoms with Crippen molar-refractivity contribution in [2.45, 2.75) is 5.54 Å². The molecule has 0 aromatic heterocycles. The molecular formula is C5H10N2O4. The van der Waals surface area contributed by atoms with Crippen molar-refractivity contribution in [1.29, 1.82) is 0 Å². The van der Waals surface area contributed by atoms with E-state index in [1.165, 1.54) is 7.05 Å². The molecule has 6 heteroatoms. The van der Waals surface area contributed by atoms with Gasteiger partial charge in [-0.05, 0) is 7.05 Å². The van der Waals surface area contributed by atoms with Crippen LogP contribution in [-0.2, 0) is 9.59 Å². The summed E-state index contributed by atoms with van der Waals surface area (Å²) in [6.07, 6.45) is 0. The molecule has 0 fully saturated rings. The first-order valence-corrected chi connectivity index (χ1v) is 2.85. The fourth-order valence-electron chi connectivity index (χ4n) is 0.522. The van der Waals surface area contributed by atoms with E-state index in [2.05, 4.69) is 5.32 Å². The highest BCUT2D eigenvalue weighted by atomic mass is 16.4. The molecule has 0 aromatic carbocycles.